The number of fused-ring (bicyclic) bond motifs is 1. The van der Waals surface area contributed by atoms with E-state index in [-0.39, 0.29) is 17.4 Å². The summed E-state index contributed by atoms with van der Waals surface area (Å²) < 4.78 is 27.5. The van der Waals surface area contributed by atoms with Gasteiger partial charge in [0.1, 0.15) is 0 Å². The topological polar surface area (TPSA) is 101 Å². The summed E-state index contributed by atoms with van der Waals surface area (Å²) in [5, 5.41) is 14.3. The number of hydrogen-bond acceptors (Lipinski definition) is 5. The largest absolute Gasteiger partial charge is 0.312 e. The molecule has 0 saturated carbocycles. The molecule has 1 atom stereocenters. The second-order valence-corrected chi connectivity index (χ2v) is 7.34. The van der Waals surface area contributed by atoms with E-state index in [2.05, 4.69) is 10.0 Å². The van der Waals surface area contributed by atoms with Crippen LogP contribution in [0.1, 0.15) is 17.0 Å². The average Bonchev–Trinajstić information content (AvgIpc) is 2.60. The fraction of sp³-hybridized carbons (Fsp3) is 0.250. The Morgan fingerprint density at radius 1 is 1.17 bits per heavy atom. The number of nitro groups is 1. The molecule has 0 spiro atoms. The summed E-state index contributed by atoms with van der Waals surface area (Å²) in [6.07, 6.45) is 0. The van der Waals surface area contributed by atoms with Gasteiger partial charge in [-0.3, -0.25) is 10.1 Å². The summed E-state index contributed by atoms with van der Waals surface area (Å²) in [6.45, 7) is 1.58. The van der Waals surface area contributed by atoms with Gasteiger partial charge in [0, 0.05) is 31.6 Å². The maximum Gasteiger partial charge on any atom is 0.289 e. The van der Waals surface area contributed by atoms with Gasteiger partial charge in [-0.25, -0.2) is 13.1 Å². The van der Waals surface area contributed by atoms with Crippen molar-refractivity contribution in [2.45, 2.75) is 17.4 Å². The molecular weight excluding hydrogens is 330 g/mol. The molecule has 0 radical (unpaired) electrons. The molecule has 2 aromatic rings. The number of para-hydroxylation sites is 1. The summed E-state index contributed by atoms with van der Waals surface area (Å²) >= 11 is 0. The third kappa shape index (κ3) is 3.30. The lowest BCUT2D eigenvalue weighted by molar-refractivity contribution is -0.387. The Labute approximate surface area is 139 Å². The minimum Gasteiger partial charge on any atom is -0.312 e. The normalized spacial score (nSPS) is 17.2. The van der Waals surface area contributed by atoms with E-state index < -0.39 is 20.6 Å². The van der Waals surface area contributed by atoms with Crippen LogP contribution in [0.25, 0.3) is 0 Å². The van der Waals surface area contributed by atoms with E-state index in [9.17, 15) is 18.5 Å². The van der Waals surface area contributed by atoms with E-state index in [1.54, 1.807) is 0 Å². The van der Waals surface area contributed by atoms with Gasteiger partial charge in [0.15, 0.2) is 4.90 Å². The monoisotopic (exact) mass is 347 g/mol. The van der Waals surface area contributed by atoms with Crippen LogP contribution in [0.4, 0.5) is 5.69 Å². The molecule has 7 nitrogen and oxygen atoms in total. The molecule has 3 rings (SSSR count). The zero-order valence-electron chi connectivity index (χ0n) is 12.8. The molecule has 24 heavy (non-hydrogen) atoms. The second-order valence-electron chi connectivity index (χ2n) is 5.60. The van der Waals surface area contributed by atoms with Crippen LogP contribution in [-0.4, -0.2) is 26.4 Å². The molecule has 2 aromatic carbocycles. The first kappa shape index (κ1) is 16.6. The molecule has 0 aromatic heterocycles. The maximum absolute atomic E-state index is 12.5. The van der Waals surface area contributed by atoms with Crippen molar-refractivity contribution in [3.63, 3.8) is 0 Å². The molecule has 126 valence electrons. The first-order valence-corrected chi connectivity index (χ1v) is 8.99. The Morgan fingerprint density at radius 2 is 1.88 bits per heavy atom. The van der Waals surface area contributed by atoms with Crippen LogP contribution in [0.3, 0.4) is 0 Å². The smallest absolute Gasteiger partial charge is 0.289 e. The van der Waals surface area contributed by atoms with Crippen LogP contribution >= 0.6 is 0 Å². The third-order valence-electron chi connectivity index (χ3n) is 4.07. The molecule has 0 fully saturated rings. The van der Waals surface area contributed by atoms with E-state index in [0.29, 0.717) is 6.54 Å². The summed E-state index contributed by atoms with van der Waals surface area (Å²) in [5.74, 6) is -0.0208. The molecule has 1 unspecified atom stereocenters. The summed E-state index contributed by atoms with van der Waals surface area (Å²) in [5.41, 5.74) is 1.81. The van der Waals surface area contributed by atoms with Gasteiger partial charge in [-0.05, 0) is 17.2 Å². The van der Waals surface area contributed by atoms with Gasteiger partial charge in [0.2, 0.25) is 10.0 Å². The molecule has 0 bridgehead atoms. The quantitative estimate of drug-likeness (QED) is 0.634. The molecule has 8 heteroatoms. The van der Waals surface area contributed by atoms with Gasteiger partial charge in [-0.1, -0.05) is 36.4 Å². The Bertz CT molecular complexity index is 867. The minimum atomic E-state index is -3.96. The zero-order chi connectivity index (χ0) is 17.2. The first-order chi connectivity index (χ1) is 11.5. The van der Waals surface area contributed by atoms with Crippen molar-refractivity contribution in [3.05, 3.63) is 69.8 Å². The SMILES string of the molecule is O=[N+]([O-])c1ccccc1S(=O)(=O)NCC1CNCc2ccccc21. The number of rotatable bonds is 5. The van der Waals surface area contributed by atoms with E-state index in [1.807, 2.05) is 24.3 Å². The molecule has 1 aliphatic rings. The van der Waals surface area contributed by atoms with Crippen molar-refractivity contribution < 1.29 is 13.3 Å². The molecule has 0 amide bonds. The van der Waals surface area contributed by atoms with Gasteiger partial charge < -0.3 is 5.32 Å². The Hall–Kier alpha value is -2.29. The van der Waals surface area contributed by atoms with Crippen LogP contribution in [-0.2, 0) is 16.6 Å². The van der Waals surface area contributed by atoms with Crippen LogP contribution in [0.2, 0.25) is 0 Å². The second kappa shape index (κ2) is 6.68. The first-order valence-electron chi connectivity index (χ1n) is 7.50. The van der Waals surface area contributed by atoms with Crippen molar-refractivity contribution in [1.29, 1.82) is 0 Å². The minimum absolute atomic E-state index is 0.0208. The van der Waals surface area contributed by atoms with Gasteiger partial charge in [-0.15, -0.1) is 0 Å². The zero-order valence-corrected chi connectivity index (χ0v) is 13.6. The molecule has 0 saturated heterocycles. The van der Waals surface area contributed by atoms with Crippen LogP contribution in [0.15, 0.2) is 53.4 Å². The Kier molecular flexibility index (Phi) is 4.61. The number of benzene rings is 2. The third-order valence-corrected chi connectivity index (χ3v) is 5.54. The maximum atomic E-state index is 12.5. The fourth-order valence-electron chi connectivity index (χ4n) is 2.89. The van der Waals surface area contributed by atoms with E-state index in [4.69, 9.17) is 0 Å². The highest BCUT2D eigenvalue weighted by molar-refractivity contribution is 7.89. The van der Waals surface area contributed by atoms with Crippen molar-refractivity contribution in [1.82, 2.24) is 10.0 Å². The van der Waals surface area contributed by atoms with Gasteiger partial charge in [-0.2, -0.15) is 0 Å². The van der Waals surface area contributed by atoms with E-state index in [0.717, 1.165) is 17.7 Å². The number of sulfonamides is 1. The summed E-state index contributed by atoms with van der Waals surface area (Å²) in [4.78, 5) is 10.0. The van der Waals surface area contributed by atoms with Crippen molar-refractivity contribution in [2.75, 3.05) is 13.1 Å². The van der Waals surface area contributed by atoms with Gasteiger partial charge in [0.25, 0.3) is 5.69 Å². The highest BCUT2D eigenvalue weighted by atomic mass is 32.2. The lowest BCUT2D eigenvalue weighted by Gasteiger charge is -2.26. The highest BCUT2D eigenvalue weighted by Gasteiger charge is 2.27. The molecule has 1 aliphatic heterocycles. The van der Waals surface area contributed by atoms with Crippen LogP contribution in [0.5, 0.6) is 0 Å². The predicted molar refractivity (Wildman–Crippen MR) is 89.2 cm³/mol. The van der Waals surface area contributed by atoms with E-state index >= 15 is 0 Å². The van der Waals surface area contributed by atoms with E-state index in [1.165, 1.54) is 24.3 Å². The van der Waals surface area contributed by atoms with Crippen molar-refractivity contribution >= 4 is 15.7 Å². The predicted octanol–water partition coefficient (Wildman–Crippen LogP) is 1.76. The van der Waals surface area contributed by atoms with Crippen molar-refractivity contribution in [3.8, 4) is 0 Å². The standard InChI is InChI=1S/C16H17N3O4S/c20-19(21)15-7-3-4-8-16(15)24(22,23)18-11-13-10-17-9-12-5-1-2-6-14(12)13/h1-8,13,17-18H,9-11H2. The fourth-order valence-corrected chi connectivity index (χ4v) is 4.14. The average molecular weight is 347 g/mol. The number of nitro benzene ring substituents is 1. The van der Waals surface area contributed by atoms with Crippen molar-refractivity contribution in [2.24, 2.45) is 0 Å². The Balaban J connectivity index is 1.81. The number of nitrogens with one attached hydrogen (secondary N) is 2. The molecular formula is C16H17N3O4S. The number of nitrogens with zero attached hydrogens (tertiary/aromatic N) is 1. The Morgan fingerprint density at radius 3 is 2.67 bits per heavy atom. The highest BCUT2D eigenvalue weighted by Crippen LogP contribution is 2.25. The molecule has 1 heterocycles. The number of hydrogen-bond donors (Lipinski definition) is 2. The molecule has 0 aliphatic carbocycles. The lowest BCUT2D eigenvalue weighted by Crippen LogP contribution is -2.36. The summed E-state index contributed by atoms with van der Waals surface area (Å²) in [7, 11) is -3.96. The van der Waals surface area contributed by atoms with Crippen LogP contribution < -0.4 is 10.0 Å². The molecule has 2 N–H and O–H groups in total. The summed E-state index contributed by atoms with van der Waals surface area (Å²) in [6, 6.07) is 13.2. The van der Waals surface area contributed by atoms with Gasteiger partial charge >= 0.3 is 0 Å². The lowest BCUT2D eigenvalue weighted by atomic mass is 9.91. The van der Waals surface area contributed by atoms with Crippen LogP contribution in [0, 0.1) is 10.1 Å². The van der Waals surface area contributed by atoms with Gasteiger partial charge in [0.05, 0.1) is 4.92 Å².